The lowest BCUT2D eigenvalue weighted by Gasteiger charge is -2.09. The monoisotopic (exact) mass is 259 g/mol. The smallest absolute Gasteiger partial charge is 0.222 e. The average molecular weight is 259 g/mol. The van der Waals surface area contributed by atoms with Crippen LogP contribution in [0.2, 0.25) is 0 Å². The number of hydrogen-bond acceptors (Lipinski definition) is 5. The molecule has 0 saturated heterocycles. The number of rotatable bonds is 2. The van der Waals surface area contributed by atoms with Crippen molar-refractivity contribution in [2.24, 2.45) is 0 Å². The molecule has 0 aliphatic heterocycles. The minimum atomic E-state index is -0.385. The molecule has 0 bridgehead atoms. The number of nitrogens with one attached hydrogen (secondary N) is 1. The van der Waals surface area contributed by atoms with Crippen molar-refractivity contribution in [3.63, 3.8) is 0 Å². The zero-order valence-corrected chi connectivity index (χ0v) is 10.0. The van der Waals surface area contributed by atoms with E-state index in [0.717, 1.165) is 0 Å². The number of nitrogens with two attached hydrogens (primary N) is 1. The third kappa shape index (κ3) is 1.85. The minimum Gasteiger partial charge on any atom is -0.496 e. The highest BCUT2D eigenvalue weighted by Gasteiger charge is 2.15. The van der Waals surface area contributed by atoms with E-state index >= 15 is 0 Å². The SMILES string of the molecule is COc1ccc(F)cc1-c1nc(N)nc2[nH]ncc12. The Hall–Kier alpha value is -2.70. The number of methoxy groups -OCH3 is 1. The molecule has 0 aliphatic rings. The van der Waals surface area contributed by atoms with E-state index in [9.17, 15) is 4.39 Å². The van der Waals surface area contributed by atoms with E-state index in [1.165, 1.54) is 25.3 Å². The van der Waals surface area contributed by atoms with Crippen LogP contribution in [0.5, 0.6) is 5.75 Å². The second-order valence-electron chi connectivity index (χ2n) is 3.91. The number of hydrogen-bond donors (Lipinski definition) is 2. The summed E-state index contributed by atoms with van der Waals surface area (Å²) in [5.41, 5.74) is 7.12. The van der Waals surface area contributed by atoms with Gasteiger partial charge in [-0.05, 0) is 18.2 Å². The van der Waals surface area contributed by atoms with Gasteiger partial charge in [0.25, 0.3) is 0 Å². The van der Waals surface area contributed by atoms with E-state index in [2.05, 4.69) is 20.2 Å². The van der Waals surface area contributed by atoms with Crippen LogP contribution in [0.3, 0.4) is 0 Å². The minimum absolute atomic E-state index is 0.0815. The average Bonchev–Trinajstić information content (AvgIpc) is 2.85. The molecule has 2 heterocycles. The topological polar surface area (TPSA) is 89.7 Å². The molecule has 7 heteroatoms. The summed E-state index contributed by atoms with van der Waals surface area (Å²) in [5.74, 6) is 0.199. The first-order valence-corrected chi connectivity index (χ1v) is 5.49. The third-order valence-electron chi connectivity index (χ3n) is 2.74. The Morgan fingerprint density at radius 3 is 2.95 bits per heavy atom. The van der Waals surface area contributed by atoms with Crippen molar-refractivity contribution >= 4 is 17.0 Å². The van der Waals surface area contributed by atoms with Crippen LogP contribution in [0, 0.1) is 5.82 Å². The molecule has 0 unspecified atom stereocenters. The zero-order chi connectivity index (χ0) is 13.4. The van der Waals surface area contributed by atoms with Gasteiger partial charge in [0.15, 0.2) is 5.65 Å². The number of nitrogen functional groups attached to an aromatic ring is 1. The van der Waals surface area contributed by atoms with Gasteiger partial charge >= 0.3 is 0 Å². The number of ether oxygens (including phenoxy) is 1. The fourth-order valence-electron chi connectivity index (χ4n) is 1.92. The highest BCUT2D eigenvalue weighted by Crippen LogP contribution is 2.33. The Morgan fingerprint density at radius 1 is 1.32 bits per heavy atom. The van der Waals surface area contributed by atoms with Crippen molar-refractivity contribution in [3.05, 3.63) is 30.2 Å². The van der Waals surface area contributed by atoms with Crippen LogP contribution in [0.15, 0.2) is 24.4 Å². The van der Waals surface area contributed by atoms with Gasteiger partial charge in [-0.15, -0.1) is 0 Å². The highest BCUT2D eigenvalue weighted by atomic mass is 19.1. The van der Waals surface area contributed by atoms with Gasteiger partial charge in [-0.1, -0.05) is 0 Å². The van der Waals surface area contributed by atoms with Gasteiger partial charge in [-0.25, -0.2) is 9.37 Å². The number of aromatic nitrogens is 4. The molecule has 0 atom stereocenters. The molecule has 0 aliphatic carbocycles. The Bertz CT molecular complexity index is 755. The predicted octanol–water partition coefficient (Wildman–Crippen LogP) is 1.75. The first-order valence-electron chi connectivity index (χ1n) is 5.49. The Kier molecular flexibility index (Phi) is 2.52. The predicted molar refractivity (Wildman–Crippen MR) is 68.0 cm³/mol. The molecule has 0 amide bonds. The second kappa shape index (κ2) is 4.20. The van der Waals surface area contributed by atoms with Crippen molar-refractivity contribution in [2.75, 3.05) is 12.8 Å². The zero-order valence-electron chi connectivity index (χ0n) is 10.0. The molecule has 0 spiro atoms. The summed E-state index contributed by atoms with van der Waals surface area (Å²) in [6.45, 7) is 0. The van der Waals surface area contributed by atoms with E-state index in [1.807, 2.05) is 0 Å². The van der Waals surface area contributed by atoms with Gasteiger partial charge in [0.1, 0.15) is 11.6 Å². The van der Waals surface area contributed by atoms with Crippen LogP contribution < -0.4 is 10.5 Å². The van der Waals surface area contributed by atoms with Crippen molar-refractivity contribution in [1.29, 1.82) is 0 Å². The molecular formula is C12H10FN5O. The van der Waals surface area contributed by atoms with Crippen LogP contribution >= 0.6 is 0 Å². The Morgan fingerprint density at radius 2 is 2.16 bits per heavy atom. The molecule has 2 aromatic heterocycles. The molecule has 0 radical (unpaired) electrons. The molecule has 3 N–H and O–H groups in total. The van der Waals surface area contributed by atoms with Crippen LogP contribution in [-0.4, -0.2) is 27.3 Å². The standard InChI is InChI=1S/C12H10FN5O/c1-19-9-3-2-6(13)4-7(9)10-8-5-15-18-11(8)17-12(14)16-10/h2-5H,1H3,(H3,14,15,16,17,18). The van der Waals surface area contributed by atoms with Crippen LogP contribution in [0.1, 0.15) is 0 Å². The van der Waals surface area contributed by atoms with Crippen molar-refractivity contribution < 1.29 is 9.13 Å². The molecule has 19 heavy (non-hydrogen) atoms. The lowest BCUT2D eigenvalue weighted by atomic mass is 10.1. The fourth-order valence-corrected chi connectivity index (χ4v) is 1.92. The summed E-state index contributed by atoms with van der Waals surface area (Å²) in [6, 6.07) is 4.20. The van der Waals surface area contributed by atoms with Crippen molar-refractivity contribution in [2.45, 2.75) is 0 Å². The number of halogens is 1. The first kappa shape index (κ1) is 11.4. The summed E-state index contributed by atoms with van der Waals surface area (Å²) in [6.07, 6.45) is 1.56. The number of aromatic amines is 1. The molecular weight excluding hydrogens is 249 g/mol. The number of fused-ring (bicyclic) bond motifs is 1. The maximum absolute atomic E-state index is 13.4. The van der Waals surface area contributed by atoms with Crippen LogP contribution in [0.4, 0.5) is 10.3 Å². The van der Waals surface area contributed by atoms with Gasteiger partial charge in [-0.2, -0.15) is 10.1 Å². The normalized spacial score (nSPS) is 10.8. The van der Waals surface area contributed by atoms with E-state index in [-0.39, 0.29) is 11.8 Å². The second-order valence-corrected chi connectivity index (χ2v) is 3.91. The molecule has 3 aromatic rings. The molecule has 0 saturated carbocycles. The van der Waals surface area contributed by atoms with E-state index < -0.39 is 0 Å². The van der Waals surface area contributed by atoms with Gasteiger partial charge < -0.3 is 10.5 Å². The summed E-state index contributed by atoms with van der Waals surface area (Å²) >= 11 is 0. The van der Waals surface area contributed by atoms with Gasteiger partial charge in [0.2, 0.25) is 5.95 Å². The van der Waals surface area contributed by atoms with Gasteiger partial charge in [0, 0.05) is 5.56 Å². The summed E-state index contributed by atoms with van der Waals surface area (Å²) in [7, 11) is 1.51. The number of benzene rings is 1. The maximum Gasteiger partial charge on any atom is 0.222 e. The highest BCUT2D eigenvalue weighted by molar-refractivity contribution is 5.92. The summed E-state index contributed by atoms with van der Waals surface area (Å²) in [4.78, 5) is 8.17. The van der Waals surface area contributed by atoms with E-state index in [1.54, 1.807) is 6.20 Å². The van der Waals surface area contributed by atoms with Crippen LogP contribution in [-0.2, 0) is 0 Å². The lowest BCUT2D eigenvalue weighted by molar-refractivity contribution is 0.415. The molecule has 6 nitrogen and oxygen atoms in total. The quantitative estimate of drug-likeness (QED) is 0.731. The van der Waals surface area contributed by atoms with Crippen LogP contribution in [0.25, 0.3) is 22.3 Å². The third-order valence-corrected chi connectivity index (χ3v) is 2.74. The van der Waals surface area contributed by atoms with Gasteiger partial charge in [0.05, 0.1) is 24.4 Å². The summed E-state index contributed by atoms with van der Waals surface area (Å²) in [5, 5.41) is 7.25. The van der Waals surface area contributed by atoms with Crippen molar-refractivity contribution in [1.82, 2.24) is 20.2 Å². The van der Waals surface area contributed by atoms with Crippen molar-refractivity contribution in [3.8, 4) is 17.0 Å². The van der Waals surface area contributed by atoms with E-state index in [0.29, 0.717) is 28.0 Å². The summed E-state index contributed by atoms with van der Waals surface area (Å²) < 4.78 is 18.7. The Balaban J connectivity index is 2.35. The Labute approximate surface area is 107 Å². The number of anilines is 1. The number of H-pyrrole nitrogens is 1. The molecule has 3 rings (SSSR count). The fraction of sp³-hybridized carbons (Fsp3) is 0.0833. The number of nitrogens with zero attached hydrogens (tertiary/aromatic N) is 3. The molecule has 0 fully saturated rings. The molecule has 1 aromatic carbocycles. The first-order chi connectivity index (χ1) is 9.19. The lowest BCUT2D eigenvalue weighted by Crippen LogP contribution is -1.99. The van der Waals surface area contributed by atoms with E-state index in [4.69, 9.17) is 10.5 Å². The molecule has 96 valence electrons. The maximum atomic E-state index is 13.4. The van der Waals surface area contributed by atoms with Gasteiger partial charge in [-0.3, -0.25) is 5.10 Å². The largest absolute Gasteiger partial charge is 0.496 e.